The molecule has 0 unspecified atom stereocenters. The maximum absolute atomic E-state index is 12.0. The standard InChI is InChI=1S/C13H13Cl2F3N2O/c14-4-3-12-19-10-7-9(15)1-2-11(10)20(12)5-6-21-8-13(16,17)18/h1-2,7H,3-6,8H2. The number of hydrogen-bond donors (Lipinski definition) is 0. The van der Waals surface area contributed by atoms with Crippen LogP contribution in [0, 0.1) is 0 Å². The minimum absolute atomic E-state index is 0.0527. The van der Waals surface area contributed by atoms with Gasteiger partial charge in [0.15, 0.2) is 0 Å². The van der Waals surface area contributed by atoms with Gasteiger partial charge in [-0.2, -0.15) is 13.2 Å². The van der Waals surface area contributed by atoms with E-state index in [2.05, 4.69) is 9.72 Å². The van der Waals surface area contributed by atoms with Crippen LogP contribution in [-0.2, 0) is 17.7 Å². The maximum atomic E-state index is 12.0. The summed E-state index contributed by atoms with van der Waals surface area (Å²) >= 11 is 11.6. The second kappa shape index (κ2) is 6.85. The van der Waals surface area contributed by atoms with E-state index < -0.39 is 12.8 Å². The molecule has 0 fully saturated rings. The van der Waals surface area contributed by atoms with Gasteiger partial charge in [0.25, 0.3) is 0 Å². The fraction of sp³-hybridized carbons (Fsp3) is 0.462. The Morgan fingerprint density at radius 2 is 2.05 bits per heavy atom. The fourth-order valence-corrected chi connectivity index (χ4v) is 2.36. The number of ether oxygens (including phenoxy) is 1. The Kier molecular flexibility index (Phi) is 5.35. The molecule has 3 nitrogen and oxygen atoms in total. The van der Waals surface area contributed by atoms with Crippen LogP contribution in [0.25, 0.3) is 11.0 Å². The van der Waals surface area contributed by atoms with Crippen LogP contribution in [-0.4, -0.2) is 34.8 Å². The molecule has 0 aliphatic heterocycles. The zero-order valence-corrected chi connectivity index (χ0v) is 12.5. The largest absolute Gasteiger partial charge is 0.411 e. The summed E-state index contributed by atoms with van der Waals surface area (Å²) in [6.45, 7) is -1.03. The summed E-state index contributed by atoms with van der Waals surface area (Å²) in [5.74, 6) is 1.08. The molecule has 0 N–H and O–H groups in total. The summed E-state index contributed by atoms with van der Waals surface area (Å²) in [6, 6.07) is 5.21. The molecule has 1 heterocycles. The van der Waals surface area contributed by atoms with Crippen molar-refractivity contribution in [1.29, 1.82) is 0 Å². The van der Waals surface area contributed by atoms with Crippen molar-refractivity contribution in [2.75, 3.05) is 19.1 Å². The van der Waals surface area contributed by atoms with E-state index in [1.54, 1.807) is 18.2 Å². The van der Waals surface area contributed by atoms with Crippen LogP contribution in [0.15, 0.2) is 18.2 Å². The zero-order valence-electron chi connectivity index (χ0n) is 11.0. The summed E-state index contributed by atoms with van der Waals surface area (Å²) < 4.78 is 42.6. The van der Waals surface area contributed by atoms with E-state index in [9.17, 15) is 13.2 Å². The molecule has 0 bridgehead atoms. The van der Waals surface area contributed by atoms with E-state index in [-0.39, 0.29) is 13.2 Å². The number of fused-ring (bicyclic) bond motifs is 1. The SMILES string of the molecule is FC(F)(F)COCCn1c(CCCl)nc2cc(Cl)ccc21. The number of alkyl halides is 4. The summed E-state index contributed by atoms with van der Waals surface area (Å²) in [6.07, 6.45) is -3.80. The number of aryl methyl sites for hydroxylation is 1. The first kappa shape index (κ1) is 16.4. The molecule has 0 radical (unpaired) electrons. The monoisotopic (exact) mass is 340 g/mol. The minimum Gasteiger partial charge on any atom is -0.370 e. The number of halogens is 5. The first-order valence-corrected chi connectivity index (χ1v) is 7.17. The molecular formula is C13H13Cl2F3N2O. The highest BCUT2D eigenvalue weighted by Gasteiger charge is 2.27. The van der Waals surface area contributed by atoms with Gasteiger partial charge in [0.05, 0.1) is 17.6 Å². The topological polar surface area (TPSA) is 27.1 Å². The summed E-state index contributed by atoms with van der Waals surface area (Å²) in [5.41, 5.74) is 1.49. The second-order valence-corrected chi connectivity index (χ2v) is 5.23. The van der Waals surface area contributed by atoms with Crippen molar-refractivity contribution in [2.45, 2.75) is 19.1 Å². The molecule has 0 amide bonds. The van der Waals surface area contributed by atoms with Crippen molar-refractivity contribution in [2.24, 2.45) is 0 Å². The van der Waals surface area contributed by atoms with Crippen molar-refractivity contribution < 1.29 is 17.9 Å². The van der Waals surface area contributed by atoms with Gasteiger partial charge in [-0.25, -0.2) is 4.98 Å². The van der Waals surface area contributed by atoms with Crippen LogP contribution in [0.4, 0.5) is 13.2 Å². The van der Waals surface area contributed by atoms with E-state index >= 15 is 0 Å². The van der Waals surface area contributed by atoms with Crippen molar-refractivity contribution in [3.05, 3.63) is 29.0 Å². The highest BCUT2D eigenvalue weighted by atomic mass is 35.5. The molecule has 116 valence electrons. The van der Waals surface area contributed by atoms with Gasteiger partial charge < -0.3 is 9.30 Å². The van der Waals surface area contributed by atoms with Crippen LogP contribution in [0.5, 0.6) is 0 Å². The second-order valence-electron chi connectivity index (χ2n) is 4.42. The highest BCUT2D eigenvalue weighted by molar-refractivity contribution is 6.31. The first-order chi connectivity index (χ1) is 9.90. The van der Waals surface area contributed by atoms with Crippen molar-refractivity contribution in [3.8, 4) is 0 Å². The Bertz CT molecular complexity index is 613. The van der Waals surface area contributed by atoms with E-state index in [1.165, 1.54) is 0 Å². The molecule has 0 saturated carbocycles. The van der Waals surface area contributed by atoms with Gasteiger partial charge in [-0.05, 0) is 18.2 Å². The van der Waals surface area contributed by atoms with Crippen LogP contribution < -0.4 is 0 Å². The van der Waals surface area contributed by atoms with Crippen LogP contribution in [0.2, 0.25) is 5.02 Å². The average Bonchev–Trinajstić information content (AvgIpc) is 2.71. The van der Waals surface area contributed by atoms with Gasteiger partial charge in [0.1, 0.15) is 12.4 Å². The van der Waals surface area contributed by atoms with Gasteiger partial charge in [0, 0.05) is 23.9 Å². The number of rotatable bonds is 6. The lowest BCUT2D eigenvalue weighted by molar-refractivity contribution is -0.174. The van der Waals surface area contributed by atoms with Gasteiger partial charge in [-0.3, -0.25) is 0 Å². The molecule has 0 spiro atoms. The molecule has 0 saturated heterocycles. The number of aromatic nitrogens is 2. The highest BCUT2D eigenvalue weighted by Crippen LogP contribution is 2.21. The van der Waals surface area contributed by atoms with Crippen LogP contribution in [0.1, 0.15) is 5.82 Å². The minimum atomic E-state index is -4.32. The number of nitrogens with zero attached hydrogens (tertiary/aromatic N) is 2. The predicted molar refractivity (Wildman–Crippen MR) is 76.0 cm³/mol. The third-order valence-electron chi connectivity index (χ3n) is 2.83. The lowest BCUT2D eigenvalue weighted by Crippen LogP contribution is -2.19. The van der Waals surface area contributed by atoms with Gasteiger partial charge >= 0.3 is 6.18 Å². The number of benzene rings is 1. The molecular weight excluding hydrogens is 328 g/mol. The van der Waals surface area contributed by atoms with E-state index in [1.807, 2.05) is 4.57 Å². The predicted octanol–water partition coefficient (Wildman–Crippen LogP) is 4.05. The van der Waals surface area contributed by atoms with E-state index in [0.29, 0.717) is 28.7 Å². The molecule has 2 rings (SSSR count). The third kappa shape index (κ3) is 4.49. The van der Waals surface area contributed by atoms with Crippen molar-refractivity contribution in [3.63, 3.8) is 0 Å². The summed E-state index contributed by atoms with van der Waals surface area (Å²) in [7, 11) is 0. The summed E-state index contributed by atoms with van der Waals surface area (Å²) in [5, 5.41) is 0.554. The summed E-state index contributed by atoms with van der Waals surface area (Å²) in [4.78, 5) is 4.41. The lowest BCUT2D eigenvalue weighted by atomic mass is 10.3. The Morgan fingerprint density at radius 3 is 2.71 bits per heavy atom. The van der Waals surface area contributed by atoms with E-state index in [4.69, 9.17) is 23.2 Å². The Labute approximate surface area is 129 Å². The number of hydrogen-bond acceptors (Lipinski definition) is 2. The molecule has 1 aromatic heterocycles. The Balaban J connectivity index is 2.14. The Morgan fingerprint density at radius 1 is 1.29 bits per heavy atom. The molecule has 21 heavy (non-hydrogen) atoms. The van der Waals surface area contributed by atoms with Crippen molar-refractivity contribution in [1.82, 2.24) is 9.55 Å². The normalized spacial score (nSPS) is 12.2. The van der Waals surface area contributed by atoms with E-state index in [0.717, 1.165) is 5.52 Å². The van der Waals surface area contributed by atoms with Crippen LogP contribution >= 0.6 is 23.2 Å². The Hall–Kier alpha value is -0.980. The van der Waals surface area contributed by atoms with Gasteiger partial charge in [-0.15, -0.1) is 11.6 Å². The first-order valence-electron chi connectivity index (χ1n) is 6.26. The molecule has 0 atom stereocenters. The van der Waals surface area contributed by atoms with Gasteiger partial charge in [-0.1, -0.05) is 11.6 Å². The molecule has 0 aliphatic carbocycles. The molecule has 8 heteroatoms. The lowest BCUT2D eigenvalue weighted by Gasteiger charge is -2.10. The van der Waals surface area contributed by atoms with Gasteiger partial charge in [0.2, 0.25) is 0 Å². The molecule has 0 aliphatic rings. The van der Waals surface area contributed by atoms with Crippen molar-refractivity contribution >= 4 is 34.2 Å². The van der Waals surface area contributed by atoms with Crippen LogP contribution in [0.3, 0.4) is 0 Å². The quantitative estimate of drug-likeness (QED) is 0.586. The molecule has 1 aromatic carbocycles. The third-order valence-corrected chi connectivity index (χ3v) is 3.26. The fourth-order valence-electron chi connectivity index (χ4n) is 2.02. The average molecular weight is 341 g/mol. The zero-order chi connectivity index (χ0) is 15.5. The number of imidazole rings is 1. The maximum Gasteiger partial charge on any atom is 0.411 e. The smallest absolute Gasteiger partial charge is 0.370 e. The molecule has 2 aromatic rings.